The Kier molecular flexibility index (Phi) is 4.08. The zero-order valence-electron chi connectivity index (χ0n) is 11.9. The van der Waals surface area contributed by atoms with Gasteiger partial charge in [-0.3, -0.25) is 4.90 Å². The lowest BCUT2D eigenvalue weighted by molar-refractivity contribution is 0.0716. The topological polar surface area (TPSA) is 29.3 Å². The second-order valence-corrected chi connectivity index (χ2v) is 5.97. The molecule has 1 aliphatic heterocycles. The quantitative estimate of drug-likeness (QED) is 0.887. The Labute approximate surface area is 111 Å². The van der Waals surface area contributed by atoms with Crippen LogP contribution < -0.4 is 5.73 Å². The molecule has 2 nitrogen and oxygen atoms in total. The second-order valence-electron chi connectivity index (χ2n) is 5.97. The molecule has 2 N–H and O–H groups in total. The lowest BCUT2D eigenvalue weighted by atomic mass is 9.86. The Hall–Kier alpha value is -0.860. The maximum Gasteiger partial charge on any atom is 0.0326 e. The first kappa shape index (κ1) is 13.6. The van der Waals surface area contributed by atoms with E-state index in [0.717, 1.165) is 32.5 Å². The van der Waals surface area contributed by atoms with Gasteiger partial charge in [0.05, 0.1) is 0 Å². The fraction of sp³-hybridized carbons (Fsp3) is 0.625. The summed E-state index contributed by atoms with van der Waals surface area (Å²) in [5, 5.41) is 0. The van der Waals surface area contributed by atoms with E-state index < -0.39 is 0 Å². The molecule has 0 radical (unpaired) electrons. The first-order valence-corrected chi connectivity index (χ1v) is 7.10. The van der Waals surface area contributed by atoms with E-state index in [1.807, 2.05) is 0 Å². The molecule has 0 aliphatic carbocycles. The third-order valence-electron chi connectivity index (χ3n) is 4.80. The third kappa shape index (κ3) is 2.45. The Morgan fingerprint density at radius 3 is 2.06 bits per heavy atom. The van der Waals surface area contributed by atoms with Crippen molar-refractivity contribution in [3.8, 4) is 0 Å². The lowest BCUT2D eigenvalue weighted by Gasteiger charge is -2.43. The Balaban J connectivity index is 2.17. The monoisotopic (exact) mass is 246 g/mol. The Morgan fingerprint density at radius 2 is 1.67 bits per heavy atom. The van der Waals surface area contributed by atoms with Gasteiger partial charge in [0.15, 0.2) is 0 Å². The molecule has 0 aromatic heterocycles. The van der Waals surface area contributed by atoms with E-state index in [-0.39, 0.29) is 5.54 Å². The van der Waals surface area contributed by atoms with Gasteiger partial charge in [0.2, 0.25) is 0 Å². The number of hydrogen-bond acceptors (Lipinski definition) is 2. The largest absolute Gasteiger partial charge is 0.329 e. The summed E-state index contributed by atoms with van der Waals surface area (Å²) in [6, 6.07) is 8.85. The SMILES string of the molecule is CC(C)C(C)(CN)N1CCc2ccccc2CC1. The first-order valence-electron chi connectivity index (χ1n) is 7.10. The molecule has 2 rings (SSSR count). The maximum atomic E-state index is 6.05. The van der Waals surface area contributed by atoms with Gasteiger partial charge in [-0.25, -0.2) is 0 Å². The van der Waals surface area contributed by atoms with Gasteiger partial charge >= 0.3 is 0 Å². The van der Waals surface area contributed by atoms with Crippen molar-refractivity contribution in [2.24, 2.45) is 11.7 Å². The zero-order chi connectivity index (χ0) is 13.2. The molecule has 18 heavy (non-hydrogen) atoms. The van der Waals surface area contributed by atoms with Crippen molar-refractivity contribution in [2.75, 3.05) is 19.6 Å². The fourth-order valence-corrected chi connectivity index (χ4v) is 2.91. The maximum absolute atomic E-state index is 6.05. The van der Waals surface area contributed by atoms with Crippen LogP contribution in [0.1, 0.15) is 31.9 Å². The van der Waals surface area contributed by atoms with E-state index in [1.165, 1.54) is 11.1 Å². The first-order chi connectivity index (χ1) is 8.58. The number of nitrogens with zero attached hydrogens (tertiary/aromatic N) is 1. The highest BCUT2D eigenvalue weighted by Gasteiger charge is 2.34. The number of benzene rings is 1. The molecular formula is C16H26N2. The van der Waals surface area contributed by atoms with Crippen molar-refractivity contribution < 1.29 is 0 Å². The van der Waals surface area contributed by atoms with E-state index in [0.29, 0.717) is 5.92 Å². The second kappa shape index (κ2) is 5.41. The van der Waals surface area contributed by atoms with Crippen molar-refractivity contribution in [1.29, 1.82) is 0 Å². The molecule has 1 aromatic rings. The minimum atomic E-state index is 0.127. The highest BCUT2D eigenvalue weighted by Crippen LogP contribution is 2.27. The summed E-state index contributed by atoms with van der Waals surface area (Å²) in [4.78, 5) is 2.59. The van der Waals surface area contributed by atoms with E-state index in [9.17, 15) is 0 Å². The van der Waals surface area contributed by atoms with Crippen molar-refractivity contribution in [3.05, 3.63) is 35.4 Å². The molecule has 1 atom stereocenters. The molecule has 1 heterocycles. The predicted octanol–water partition coefficient (Wildman–Crippen LogP) is 2.46. The Bertz CT molecular complexity index is 373. The minimum absolute atomic E-state index is 0.127. The third-order valence-corrected chi connectivity index (χ3v) is 4.80. The smallest absolute Gasteiger partial charge is 0.0326 e. The van der Waals surface area contributed by atoms with Crippen molar-refractivity contribution in [3.63, 3.8) is 0 Å². The molecule has 0 saturated heterocycles. The summed E-state index contributed by atoms with van der Waals surface area (Å²) in [5.74, 6) is 0.587. The average Bonchev–Trinajstić information content (AvgIpc) is 2.60. The number of nitrogens with two attached hydrogens (primary N) is 1. The van der Waals surface area contributed by atoms with Crippen molar-refractivity contribution >= 4 is 0 Å². The van der Waals surface area contributed by atoms with Crippen LogP contribution in [0.4, 0.5) is 0 Å². The summed E-state index contributed by atoms with van der Waals surface area (Å²) in [6.07, 6.45) is 2.30. The van der Waals surface area contributed by atoms with Gasteiger partial charge in [0.25, 0.3) is 0 Å². The van der Waals surface area contributed by atoms with Gasteiger partial charge in [0.1, 0.15) is 0 Å². The summed E-state index contributed by atoms with van der Waals surface area (Å²) in [6.45, 7) is 9.87. The molecule has 0 fully saturated rings. The van der Waals surface area contributed by atoms with Crippen molar-refractivity contribution in [1.82, 2.24) is 4.90 Å². The van der Waals surface area contributed by atoms with Gasteiger partial charge in [0, 0.05) is 25.2 Å². The average molecular weight is 246 g/mol. The van der Waals surface area contributed by atoms with Crippen LogP contribution in [0.2, 0.25) is 0 Å². The molecule has 0 amide bonds. The van der Waals surface area contributed by atoms with Gasteiger partial charge in [-0.05, 0) is 36.8 Å². The summed E-state index contributed by atoms with van der Waals surface area (Å²) < 4.78 is 0. The van der Waals surface area contributed by atoms with Crippen LogP contribution in [0.3, 0.4) is 0 Å². The van der Waals surface area contributed by atoms with Crippen LogP contribution in [0.5, 0.6) is 0 Å². The van der Waals surface area contributed by atoms with E-state index in [1.54, 1.807) is 0 Å². The normalized spacial score (nSPS) is 20.3. The molecular weight excluding hydrogens is 220 g/mol. The van der Waals surface area contributed by atoms with E-state index in [4.69, 9.17) is 5.73 Å². The molecule has 1 aliphatic rings. The number of rotatable bonds is 3. The molecule has 2 heteroatoms. The molecule has 0 saturated carbocycles. The fourth-order valence-electron chi connectivity index (χ4n) is 2.91. The predicted molar refractivity (Wildman–Crippen MR) is 77.7 cm³/mol. The molecule has 0 spiro atoms. The summed E-state index contributed by atoms with van der Waals surface area (Å²) in [7, 11) is 0. The van der Waals surface area contributed by atoms with Gasteiger partial charge in [-0.1, -0.05) is 38.1 Å². The Morgan fingerprint density at radius 1 is 1.17 bits per heavy atom. The molecule has 0 bridgehead atoms. The van der Waals surface area contributed by atoms with E-state index in [2.05, 4.69) is 49.9 Å². The number of hydrogen-bond donors (Lipinski definition) is 1. The summed E-state index contributed by atoms with van der Waals surface area (Å²) >= 11 is 0. The van der Waals surface area contributed by atoms with Gasteiger partial charge in [-0.15, -0.1) is 0 Å². The van der Waals surface area contributed by atoms with Gasteiger partial charge < -0.3 is 5.73 Å². The van der Waals surface area contributed by atoms with Crippen LogP contribution in [0.25, 0.3) is 0 Å². The van der Waals surface area contributed by atoms with Crippen LogP contribution in [-0.2, 0) is 12.8 Å². The van der Waals surface area contributed by atoms with Crippen LogP contribution in [0.15, 0.2) is 24.3 Å². The molecule has 1 unspecified atom stereocenters. The highest BCUT2D eigenvalue weighted by atomic mass is 15.2. The standard InChI is InChI=1S/C16H26N2/c1-13(2)16(3,12-17)18-10-8-14-6-4-5-7-15(14)9-11-18/h4-7,13H,8-12,17H2,1-3H3. The van der Waals surface area contributed by atoms with Crippen LogP contribution in [0, 0.1) is 5.92 Å². The van der Waals surface area contributed by atoms with Gasteiger partial charge in [-0.2, -0.15) is 0 Å². The van der Waals surface area contributed by atoms with E-state index >= 15 is 0 Å². The van der Waals surface area contributed by atoms with Crippen LogP contribution in [-0.4, -0.2) is 30.1 Å². The molecule has 100 valence electrons. The molecule has 1 aromatic carbocycles. The van der Waals surface area contributed by atoms with Crippen LogP contribution >= 0.6 is 0 Å². The zero-order valence-corrected chi connectivity index (χ0v) is 11.9. The minimum Gasteiger partial charge on any atom is -0.329 e. The summed E-state index contributed by atoms with van der Waals surface area (Å²) in [5.41, 5.74) is 9.21. The highest BCUT2D eigenvalue weighted by molar-refractivity contribution is 5.28. The van der Waals surface area contributed by atoms with Crippen molar-refractivity contribution in [2.45, 2.75) is 39.2 Å². The number of fused-ring (bicyclic) bond motifs is 1. The lowest BCUT2D eigenvalue weighted by Crippen LogP contribution is -2.56.